The van der Waals surface area contributed by atoms with Gasteiger partial charge in [-0.05, 0) is 25.0 Å². The fourth-order valence-corrected chi connectivity index (χ4v) is 1.22. The first kappa shape index (κ1) is 11.7. The molecule has 1 heterocycles. The summed E-state index contributed by atoms with van der Waals surface area (Å²) in [6, 6.07) is 2.42. The average molecular weight is 244 g/mol. The molecule has 1 aromatic heterocycles. The van der Waals surface area contributed by atoms with E-state index in [1.165, 1.54) is 6.07 Å². The number of halogens is 3. The van der Waals surface area contributed by atoms with E-state index in [1.807, 2.05) is 0 Å². The van der Waals surface area contributed by atoms with Crippen molar-refractivity contribution in [3.63, 3.8) is 0 Å². The summed E-state index contributed by atoms with van der Waals surface area (Å²) in [6.45, 7) is 0. The van der Waals surface area contributed by atoms with Crippen LogP contribution >= 0.6 is 0 Å². The van der Waals surface area contributed by atoms with Crippen molar-refractivity contribution in [3.8, 4) is 0 Å². The molecular formula is C10H11F3N4. The minimum atomic E-state index is -4.42. The largest absolute Gasteiger partial charge is 0.433 e. The van der Waals surface area contributed by atoms with E-state index >= 15 is 0 Å². The summed E-state index contributed by atoms with van der Waals surface area (Å²) in [5, 5.41) is 2.69. The lowest BCUT2D eigenvalue weighted by molar-refractivity contribution is -0.141. The predicted octanol–water partition coefficient (Wildman–Crippen LogP) is 1.99. The van der Waals surface area contributed by atoms with E-state index in [-0.39, 0.29) is 12.0 Å². The highest BCUT2D eigenvalue weighted by Gasteiger charge is 2.32. The molecule has 0 aliphatic heterocycles. The molecule has 1 saturated carbocycles. The standard InChI is InChI=1S/C10H11F3N4/c11-10(12,13)8-4-3-7(5-15-8)17-9(14)16-6-1-2-6/h3-6H,1-2H2,(H3,14,16,17). The lowest BCUT2D eigenvalue weighted by Gasteiger charge is -2.08. The molecule has 0 amide bonds. The van der Waals surface area contributed by atoms with Crippen LogP contribution in [0.2, 0.25) is 0 Å². The molecule has 92 valence electrons. The first-order chi connectivity index (χ1) is 7.95. The van der Waals surface area contributed by atoms with Gasteiger partial charge >= 0.3 is 6.18 Å². The van der Waals surface area contributed by atoms with Gasteiger partial charge in [0.15, 0.2) is 5.96 Å². The van der Waals surface area contributed by atoms with Crippen LogP contribution in [0.3, 0.4) is 0 Å². The third-order valence-electron chi connectivity index (χ3n) is 2.19. The van der Waals surface area contributed by atoms with Crippen molar-refractivity contribution in [1.29, 1.82) is 0 Å². The molecule has 0 radical (unpaired) electrons. The molecule has 2 rings (SSSR count). The van der Waals surface area contributed by atoms with Crippen LogP contribution in [0.15, 0.2) is 23.3 Å². The van der Waals surface area contributed by atoms with Gasteiger partial charge in [-0.25, -0.2) is 9.98 Å². The number of hydrogen-bond acceptors (Lipinski definition) is 2. The molecule has 0 saturated heterocycles. The first-order valence-electron chi connectivity index (χ1n) is 5.09. The molecule has 7 heteroatoms. The molecule has 1 fully saturated rings. The molecule has 0 unspecified atom stereocenters. The molecule has 1 aromatic rings. The summed E-state index contributed by atoms with van der Waals surface area (Å²) in [7, 11) is 0. The number of hydrogen-bond donors (Lipinski definition) is 2. The van der Waals surface area contributed by atoms with Crippen molar-refractivity contribution in [2.45, 2.75) is 25.1 Å². The second-order valence-electron chi connectivity index (χ2n) is 3.80. The maximum Gasteiger partial charge on any atom is 0.433 e. The van der Waals surface area contributed by atoms with Gasteiger partial charge in [0.1, 0.15) is 5.69 Å². The Labute approximate surface area is 95.8 Å². The Hall–Kier alpha value is -1.79. The van der Waals surface area contributed by atoms with E-state index < -0.39 is 11.9 Å². The average Bonchev–Trinajstić information content (AvgIpc) is 3.01. The zero-order chi connectivity index (χ0) is 12.5. The lowest BCUT2D eigenvalue weighted by atomic mass is 10.3. The lowest BCUT2D eigenvalue weighted by Crippen LogP contribution is -2.23. The Kier molecular flexibility index (Phi) is 2.91. The number of nitrogens with two attached hydrogens (primary N) is 1. The van der Waals surface area contributed by atoms with Crippen LogP contribution in [0.4, 0.5) is 18.9 Å². The summed E-state index contributed by atoms with van der Waals surface area (Å²) in [5.74, 6) is 0.203. The normalized spacial score (nSPS) is 17.0. The number of nitrogens with one attached hydrogen (secondary N) is 1. The molecular weight excluding hydrogens is 233 g/mol. The zero-order valence-electron chi connectivity index (χ0n) is 8.83. The zero-order valence-corrected chi connectivity index (χ0v) is 8.83. The van der Waals surface area contributed by atoms with E-state index in [0.717, 1.165) is 25.1 Å². The van der Waals surface area contributed by atoms with Gasteiger partial charge < -0.3 is 11.1 Å². The van der Waals surface area contributed by atoms with Crippen LogP contribution in [-0.2, 0) is 6.18 Å². The maximum atomic E-state index is 12.2. The van der Waals surface area contributed by atoms with Gasteiger partial charge in [-0.15, -0.1) is 0 Å². The highest BCUT2D eigenvalue weighted by atomic mass is 19.4. The van der Waals surface area contributed by atoms with E-state index in [2.05, 4.69) is 15.3 Å². The summed E-state index contributed by atoms with van der Waals surface area (Å²) >= 11 is 0. The molecule has 17 heavy (non-hydrogen) atoms. The Bertz CT molecular complexity index is 420. The van der Waals surface area contributed by atoms with Gasteiger partial charge in [-0.3, -0.25) is 0 Å². The fraction of sp³-hybridized carbons (Fsp3) is 0.400. The monoisotopic (exact) mass is 244 g/mol. The number of guanidine groups is 1. The van der Waals surface area contributed by atoms with Gasteiger partial charge in [0.2, 0.25) is 0 Å². The van der Waals surface area contributed by atoms with Gasteiger partial charge in [0, 0.05) is 0 Å². The van der Waals surface area contributed by atoms with Gasteiger partial charge in [0.25, 0.3) is 0 Å². The highest BCUT2D eigenvalue weighted by molar-refractivity contribution is 5.92. The predicted molar refractivity (Wildman–Crippen MR) is 57.5 cm³/mol. The summed E-state index contributed by atoms with van der Waals surface area (Å²) < 4.78 is 36.7. The summed E-state index contributed by atoms with van der Waals surface area (Å²) in [5.41, 5.74) is 5.02. The topological polar surface area (TPSA) is 63.3 Å². The number of pyridine rings is 1. The first-order valence-corrected chi connectivity index (χ1v) is 5.09. The molecule has 0 bridgehead atoms. The highest BCUT2D eigenvalue weighted by Crippen LogP contribution is 2.28. The van der Waals surface area contributed by atoms with Crippen molar-refractivity contribution in [2.24, 2.45) is 10.7 Å². The third kappa shape index (κ3) is 3.33. The van der Waals surface area contributed by atoms with Crippen molar-refractivity contribution in [2.75, 3.05) is 5.32 Å². The van der Waals surface area contributed by atoms with Crippen molar-refractivity contribution < 1.29 is 13.2 Å². The SMILES string of the molecule is NC(=NC1CC1)Nc1ccc(C(F)(F)F)nc1. The second-order valence-corrected chi connectivity index (χ2v) is 3.80. The van der Waals surface area contributed by atoms with E-state index in [4.69, 9.17) is 5.73 Å². The van der Waals surface area contributed by atoms with E-state index in [9.17, 15) is 13.2 Å². The van der Waals surface area contributed by atoms with Crippen LogP contribution in [0.25, 0.3) is 0 Å². The Morgan fingerprint density at radius 3 is 2.59 bits per heavy atom. The number of rotatable bonds is 2. The third-order valence-corrected chi connectivity index (χ3v) is 2.19. The number of anilines is 1. The molecule has 3 N–H and O–H groups in total. The van der Waals surface area contributed by atoms with Crippen LogP contribution in [0.5, 0.6) is 0 Å². The van der Waals surface area contributed by atoms with Crippen LogP contribution in [0, 0.1) is 0 Å². The smallest absolute Gasteiger partial charge is 0.370 e. The minimum absolute atomic E-state index is 0.203. The van der Waals surface area contributed by atoms with E-state index in [1.54, 1.807) is 0 Å². The second kappa shape index (κ2) is 4.23. The number of aromatic nitrogens is 1. The fourth-order valence-electron chi connectivity index (χ4n) is 1.22. The van der Waals surface area contributed by atoms with Gasteiger partial charge in [0.05, 0.1) is 17.9 Å². The quantitative estimate of drug-likeness (QED) is 0.617. The minimum Gasteiger partial charge on any atom is -0.370 e. The molecule has 0 atom stereocenters. The molecule has 4 nitrogen and oxygen atoms in total. The van der Waals surface area contributed by atoms with Crippen LogP contribution < -0.4 is 11.1 Å². The molecule has 1 aliphatic carbocycles. The van der Waals surface area contributed by atoms with Crippen molar-refractivity contribution in [3.05, 3.63) is 24.0 Å². The molecule has 1 aliphatic rings. The van der Waals surface area contributed by atoms with Crippen molar-refractivity contribution in [1.82, 2.24) is 4.98 Å². The van der Waals surface area contributed by atoms with E-state index in [0.29, 0.717) is 5.69 Å². The Morgan fingerprint density at radius 1 is 1.41 bits per heavy atom. The Morgan fingerprint density at radius 2 is 2.12 bits per heavy atom. The molecule has 0 spiro atoms. The van der Waals surface area contributed by atoms with Crippen LogP contribution in [0.1, 0.15) is 18.5 Å². The number of alkyl halides is 3. The molecule has 0 aromatic carbocycles. The van der Waals surface area contributed by atoms with Gasteiger partial charge in [-0.2, -0.15) is 13.2 Å². The summed E-state index contributed by atoms with van der Waals surface area (Å²) in [6.07, 6.45) is -1.33. The maximum absolute atomic E-state index is 12.2. The van der Waals surface area contributed by atoms with Crippen LogP contribution in [-0.4, -0.2) is 17.0 Å². The van der Waals surface area contributed by atoms with Crippen molar-refractivity contribution >= 4 is 11.6 Å². The number of aliphatic imine (C=N–C) groups is 1. The summed E-state index contributed by atoms with van der Waals surface area (Å²) in [4.78, 5) is 7.39. The van der Waals surface area contributed by atoms with Gasteiger partial charge in [-0.1, -0.05) is 0 Å². The Balaban J connectivity index is 2.02. The number of nitrogens with zero attached hydrogens (tertiary/aromatic N) is 2.